The van der Waals surface area contributed by atoms with Crippen molar-refractivity contribution in [2.45, 2.75) is 11.4 Å². The van der Waals surface area contributed by atoms with Crippen LogP contribution in [0.25, 0.3) is 6.08 Å². The van der Waals surface area contributed by atoms with Crippen LogP contribution in [-0.2, 0) is 20.9 Å². The fraction of sp³-hybridized carbons (Fsp3) is 0.105. The topological polar surface area (TPSA) is 58.6 Å². The zero-order valence-electron chi connectivity index (χ0n) is 14.2. The molecule has 1 saturated heterocycles. The Kier molecular flexibility index (Phi) is 5.33. The third-order valence-corrected chi connectivity index (χ3v) is 6.16. The molecule has 28 heavy (non-hydrogen) atoms. The summed E-state index contributed by atoms with van der Waals surface area (Å²) in [6.45, 7) is 0.365. The molecule has 0 saturated carbocycles. The van der Waals surface area contributed by atoms with Crippen molar-refractivity contribution in [2.75, 3.05) is 10.7 Å². The van der Waals surface area contributed by atoms with E-state index in [1.165, 1.54) is 11.8 Å². The van der Waals surface area contributed by atoms with E-state index >= 15 is 0 Å². The Morgan fingerprint density at radius 3 is 2.71 bits per heavy atom. The van der Waals surface area contributed by atoms with Crippen LogP contribution in [0, 0.1) is 0 Å². The number of rotatable bonds is 3. The van der Waals surface area contributed by atoms with Crippen LogP contribution >= 0.6 is 47.2 Å². The van der Waals surface area contributed by atoms with Gasteiger partial charge in [-0.15, -0.1) is 11.8 Å². The number of nitrogens with one attached hydrogen (secondary N) is 1. The van der Waals surface area contributed by atoms with Crippen molar-refractivity contribution in [3.05, 3.63) is 63.3 Å². The van der Waals surface area contributed by atoms with Crippen molar-refractivity contribution >= 4 is 75.9 Å². The minimum absolute atomic E-state index is 0.00980. The average molecular weight is 451 g/mol. The SMILES string of the molecule is O=C1NC(=S)OC1=Cc1ccc2c(c1)N(Cc1ccc(Cl)c(Cl)c1)C(=O)CS2. The van der Waals surface area contributed by atoms with Crippen molar-refractivity contribution < 1.29 is 14.3 Å². The summed E-state index contributed by atoms with van der Waals surface area (Å²) in [5.41, 5.74) is 2.36. The molecule has 5 nitrogen and oxygen atoms in total. The lowest BCUT2D eigenvalue weighted by Gasteiger charge is -2.29. The van der Waals surface area contributed by atoms with Crippen LogP contribution in [0.2, 0.25) is 10.0 Å². The first-order valence-electron chi connectivity index (χ1n) is 8.17. The number of thioether (sulfide) groups is 1. The van der Waals surface area contributed by atoms with E-state index in [9.17, 15) is 9.59 Å². The molecule has 2 aliphatic heterocycles. The summed E-state index contributed by atoms with van der Waals surface area (Å²) in [5.74, 6) is 0.0789. The van der Waals surface area contributed by atoms with E-state index in [1.807, 2.05) is 24.3 Å². The van der Waals surface area contributed by atoms with Crippen LogP contribution in [0.3, 0.4) is 0 Å². The van der Waals surface area contributed by atoms with Gasteiger partial charge in [0.2, 0.25) is 5.91 Å². The van der Waals surface area contributed by atoms with Gasteiger partial charge in [0.25, 0.3) is 11.1 Å². The smallest absolute Gasteiger partial charge is 0.294 e. The van der Waals surface area contributed by atoms with E-state index in [0.717, 1.165) is 21.7 Å². The monoisotopic (exact) mass is 450 g/mol. The number of carbonyl (C=O) groups is 2. The first-order chi connectivity index (χ1) is 13.4. The van der Waals surface area contributed by atoms with Crippen LogP contribution < -0.4 is 10.2 Å². The Bertz CT molecular complexity index is 1060. The fourth-order valence-corrected chi connectivity index (χ4v) is 4.29. The van der Waals surface area contributed by atoms with Gasteiger partial charge in [0.1, 0.15) is 0 Å². The maximum Gasteiger partial charge on any atom is 0.294 e. The number of halogens is 2. The first kappa shape index (κ1) is 19.3. The lowest BCUT2D eigenvalue weighted by Crippen LogP contribution is -2.34. The van der Waals surface area contributed by atoms with Crippen LogP contribution in [0.5, 0.6) is 0 Å². The van der Waals surface area contributed by atoms with Gasteiger partial charge in [-0.3, -0.25) is 14.9 Å². The zero-order valence-corrected chi connectivity index (χ0v) is 17.3. The third-order valence-electron chi connectivity index (χ3n) is 4.19. The molecule has 1 N–H and O–H groups in total. The summed E-state index contributed by atoms with van der Waals surface area (Å²) in [4.78, 5) is 27.1. The molecule has 0 bridgehead atoms. The number of carbonyl (C=O) groups excluding carboxylic acids is 2. The second-order valence-electron chi connectivity index (χ2n) is 6.10. The van der Waals surface area contributed by atoms with E-state index in [4.69, 9.17) is 40.2 Å². The van der Waals surface area contributed by atoms with Gasteiger partial charge in [-0.05, 0) is 53.7 Å². The number of hydrogen-bond acceptors (Lipinski definition) is 5. The van der Waals surface area contributed by atoms with Gasteiger partial charge in [-0.2, -0.15) is 0 Å². The second-order valence-corrected chi connectivity index (χ2v) is 8.30. The Balaban J connectivity index is 1.68. The quantitative estimate of drug-likeness (QED) is 0.554. The highest BCUT2D eigenvalue weighted by Crippen LogP contribution is 2.37. The van der Waals surface area contributed by atoms with Crippen molar-refractivity contribution in [3.8, 4) is 0 Å². The van der Waals surface area contributed by atoms with Crippen LogP contribution in [0.1, 0.15) is 11.1 Å². The highest BCUT2D eigenvalue weighted by Gasteiger charge is 2.26. The van der Waals surface area contributed by atoms with E-state index in [-0.39, 0.29) is 22.7 Å². The second kappa shape index (κ2) is 7.75. The Labute approximate surface area is 180 Å². The minimum Gasteiger partial charge on any atom is -0.426 e. The third kappa shape index (κ3) is 3.89. The lowest BCUT2D eigenvalue weighted by atomic mass is 10.1. The molecule has 0 radical (unpaired) electrons. The van der Waals surface area contributed by atoms with Gasteiger partial charge in [0, 0.05) is 4.90 Å². The Morgan fingerprint density at radius 1 is 1.18 bits per heavy atom. The fourth-order valence-electron chi connectivity index (χ4n) is 2.88. The highest BCUT2D eigenvalue weighted by molar-refractivity contribution is 8.00. The van der Waals surface area contributed by atoms with Crippen molar-refractivity contribution in [3.63, 3.8) is 0 Å². The number of hydrogen-bond donors (Lipinski definition) is 1. The molecular formula is C19H12Cl2N2O3S2. The number of amides is 2. The Morgan fingerprint density at radius 2 is 2.00 bits per heavy atom. The van der Waals surface area contributed by atoms with Gasteiger partial charge in [-0.25, -0.2) is 0 Å². The standard InChI is InChI=1S/C19H12Cl2N2O3S2/c20-12-3-1-11(5-13(12)21)8-23-14-6-10(2-4-16(14)28-9-17(23)24)7-15-18(25)22-19(27)26-15/h1-7H,8-9H2,(H,22,25,27). The van der Waals surface area contributed by atoms with E-state index in [1.54, 1.807) is 23.1 Å². The number of fused-ring (bicyclic) bond motifs is 1. The summed E-state index contributed by atoms with van der Waals surface area (Å²) < 4.78 is 5.21. The predicted octanol–water partition coefficient (Wildman–Crippen LogP) is 4.40. The van der Waals surface area contributed by atoms with E-state index in [0.29, 0.717) is 22.3 Å². The molecule has 0 aromatic heterocycles. The molecule has 4 rings (SSSR count). The number of nitrogens with zero attached hydrogens (tertiary/aromatic N) is 1. The van der Waals surface area contributed by atoms with Gasteiger partial charge < -0.3 is 9.64 Å². The normalized spacial score (nSPS) is 17.6. The summed E-state index contributed by atoms with van der Waals surface area (Å²) in [6.07, 6.45) is 1.59. The molecule has 0 unspecified atom stereocenters. The predicted molar refractivity (Wildman–Crippen MR) is 115 cm³/mol. The van der Waals surface area contributed by atoms with Gasteiger partial charge in [-0.1, -0.05) is 35.3 Å². The van der Waals surface area contributed by atoms with Crippen molar-refractivity contribution in [1.82, 2.24) is 5.32 Å². The first-order valence-corrected chi connectivity index (χ1v) is 10.3. The minimum atomic E-state index is -0.388. The van der Waals surface area contributed by atoms with E-state index in [2.05, 4.69) is 5.32 Å². The Hall–Kier alpha value is -2.06. The van der Waals surface area contributed by atoms with Crippen molar-refractivity contribution in [2.24, 2.45) is 0 Å². The van der Waals surface area contributed by atoms with Crippen molar-refractivity contribution in [1.29, 1.82) is 0 Å². The molecule has 0 aliphatic carbocycles. The molecule has 2 aromatic carbocycles. The molecule has 2 heterocycles. The number of ether oxygens (including phenoxy) is 1. The largest absolute Gasteiger partial charge is 0.426 e. The lowest BCUT2D eigenvalue weighted by molar-refractivity contribution is -0.117. The number of thiocarbonyl (C=S) groups is 1. The number of anilines is 1. The van der Waals surface area contributed by atoms with Crippen LogP contribution in [0.15, 0.2) is 47.1 Å². The summed E-state index contributed by atoms with van der Waals surface area (Å²) >= 11 is 18.4. The molecule has 2 aliphatic rings. The zero-order chi connectivity index (χ0) is 19.8. The molecular weight excluding hydrogens is 439 g/mol. The molecule has 0 spiro atoms. The maximum absolute atomic E-state index is 12.6. The van der Waals surface area contributed by atoms with Gasteiger partial charge in [0.05, 0.1) is 28.0 Å². The molecule has 2 amide bonds. The summed E-state index contributed by atoms with van der Waals surface area (Å²) in [6, 6.07) is 10.9. The van der Waals surface area contributed by atoms with Gasteiger partial charge in [0.15, 0.2) is 5.76 Å². The maximum atomic E-state index is 12.6. The van der Waals surface area contributed by atoms with Crippen LogP contribution in [-0.4, -0.2) is 22.7 Å². The molecule has 142 valence electrons. The molecule has 2 aromatic rings. The van der Waals surface area contributed by atoms with Gasteiger partial charge >= 0.3 is 0 Å². The highest BCUT2D eigenvalue weighted by atomic mass is 35.5. The molecule has 9 heteroatoms. The van der Waals surface area contributed by atoms with E-state index < -0.39 is 0 Å². The van der Waals surface area contributed by atoms with Crippen LogP contribution in [0.4, 0.5) is 5.69 Å². The number of benzene rings is 2. The summed E-state index contributed by atoms with van der Waals surface area (Å²) in [5, 5.41) is 3.35. The molecule has 1 fully saturated rings. The average Bonchev–Trinajstić information content (AvgIpc) is 2.97. The molecule has 0 atom stereocenters. The summed E-state index contributed by atoms with van der Waals surface area (Å²) in [7, 11) is 0.